The van der Waals surface area contributed by atoms with Crippen LogP contribution in [0.2, 0.25) is 0 Å². The molecule has 0 saturated carbocycles. The SMILES string of the molecule is NC(=O)CCN(Cc1ccccc1)C(=O)CSc1nccs1. The molecule has 1 heterocycles. The van der Waals surface area contributed by atoms with E-state index in [1.54, 1.807) is 11.1 Å². The molecule has 0 aliphatic rings. The molecule has 2 amide bonds. The van der Waals surface area contributed by atoms with E-state index in [0.29, 0.717) is 18.8 Å². The lowest BCUT2D eigenvalue weighted by molar-refractivity contribution is -0.129. The summed E-state index contributed by atoms with van der Waals surface area (Å²) in [5, 5.41) is 1.88. The highest BCUT2D eigenvalue weighted by Gasteiger charge is 2.15. The average Bonchev–Trinajstić information content (AvgIpc) is 3.03. The van der Waals surface area contributed by atoms with Crippen molar-refractivity contribution in [2.75, 3.05) is 12.3 Å². The van der Waals surface area contributed by atoms with Gasteiger partial charge >= 0.3 is 0 Å². The molecular weight excluding hydrogens is 318 g/mol. The predicted molar refractivity (Wildman–Crippen MR) is 88.5 cm³/mol. The van der Waals surface area contributed by atoms with Crippen molar-refractivity contribution in [1.82, 2.24) is 9.88 Å². The third kappa shape index (κ3) is 5.50. The van der Waals surface area contributed by atoms with Gasteiger partial charge < -0.3 is 10.6 Å². The zero-order chi connectivity index (χ0) is 15.8. The van der Waals surface area contributed by atoms with Gasteiger partial charge in [0.2, 0.25) is 11.8 Å². The minimum atomic E-state index is -0.404. The van der Waals surface area contributed by atoms with Crippen LogP contribution in [0, 0.1) is 0 Å². The van der Waals surface area contributed by atoms with Crippen LogP contribution in [0.1, 0.15) is 12.0 Å². The van der Waals surface area contributed by atoms with Crippen molar-refractivity contribution in [2.45, 2.75) is 17.3 Å². The van der Waals surface area contributed by atoms with Crippen LogP contribution in [0.4, 0.5) is 0 Å². The minimum Gasteiger partial charge on any atom is -0.370 e. The van der Waals surface area contributed by atoms with E-state index < -0.39 is 5.91 Å². The fourth-order valence-electron chi connectivity index (χ4n) is 1.84. The molecule has 0 aliphatic carbocycles. The van der Waals surface area contributed by atoms with Gasteiger partial charge in [0.15, 0.2) is 0 Å². The molecule has 0 aliphatic heterocycles. The van der Waals surface area contributed by atoms with E-state index in [4.69, 9.17) is 5.73 Å². The Hall–Kier alpha value is -1.86. The van der Waals surface area contributed by atoms with Gasteiger partial charge in [-0.1, -0.05) is 42.1 Å². The molecule has 5 nitrogen and oxygen atoms in total. The van der Waals surface area contributed by atoms with Crippen LogP contribution in [0.15, 0.2) is 46.2 Å². The zero-order valence-electron chi connectivity index (χ0n) is 12.0. The van der Waals surface area contributed by atoms with Gasteiger partial charge in [0.05, 0.1) is 5.75 Å². The van der Waals surface area contributed by atoms with E-state index in [2.05, 4.69) is 4.98 Å². The summed E-state index contributed by atoms with van der Waals surface area (Å²) in [6, 6.07) is 9.70. The number of rotatable bonds is 8. The molecule has 0 spiro atoms. The van der Waals surface area contributed by atoms with Crippen LogP contribution in [0.5, 0.6) is 0 Å². The summed E-state index contributed by atoms with van der Waals surface area (Å²) in [6.45, 7) is 0.812. The number of primary amides is 1. The third-order valence-corrected chi connectivity index (χ3v) is 4.88. The number of benzene rings is 1. The normalized spacial score (nSPS) is 10.4. The molecule has 0 fully saturated rings. The molecule has 2 aromatic rings. The van der Waals surface area contributed by atoms with E-state index in [1.165, 1.54) is 23.1 Å². The second-order valence-corrected chi connectivity index (χ2v) is 6.72. The minimum absolute atomic E-state index is 0.0229. The summed E-state index contributed by atoms with van der Waals surface area (Å²) in [4.78, 5) is 29.2. The Bertz CT molecular complexity index is 603. The third-order valence-electron chi connectivity index (χ3n) is 2.93. The first-order chi connectivity index (χ1) is 10.6. The molecule has 2 rings (SSSR count). The summed E-state index contributed by atoms with van der Waals surface area (Å²) in [7, 11) is 0. The lowest BCUT2D eigenvalue weighted by Crippen LogP contribution is -2.34. The molecule has 1 aromatic carbocycles. The fraction of sp³-hybridized carbons (Fsp3) is 0.267. The molecule has 0 radical (unpaired) electrons. The van der Waals surface area contributed by atoms with Crippen molar-refractivity contribution >= 4 is 34.9 Å². The standard InChI is InChI=1S/C15H17N3O2S2/c16-13(19)6-8-18(10-12-4-2-1-3-5-12)14(20)11-22-15-17-7-9-21-15/h1-5,7,9H,6,8,10-11H2,(H2,16,19). The summed E-state index contributed by atoms with van der Waals surface area (Å²) >= 11 is 2.91. The first-order valence-electron chi connectivity index (χ1n) is 6.77. The molecule has 22 heavy (non-hydrogen) atoms. The fourth-order valence-corrected chi connectivity index (χ4v) is 3.38. The van der Waals surface area contributed by atoms with E-state index in [0.717, 1.165) is 9.90 Å². The van der Waals surface area contributed by atoms with Crippen molar-refractivity contribution < 1.29 is 9.59 Å². The largest absolute Gasteiger partial charge is 0.370 e. The number of aromatic nitrogens is 1. The molecule has 0 unspecified atom stereocenters. The van der Waals surface area contributed by atoms with Crippen molar-refractivity contribution in [2.24, 2.45) is 5.73 Å². The first-order valence-corrected chi connectivity index (χ1v) is 8.64. The highest BCUT2D eigenvalue weighted by atomic mass is 32.2. The quantitative estimate of drug-likeness (QED) is 0.750. The Morgan fingerprint density at radius 2 is 2.05 bits per heavy atom. The van der Waals surface area contributed by atoms with E-state index in [9.17, 15) is 9.59 Å². The van der Waals surface area contributed by atoms with Gasteiger partial charge in [-0.3, -0.25) is 9.59 Å². The maximum Gasteiger partial charge on any atom is 0.233 e. The van der Waals surface area contributed by atoms with Gasteiger partial charge in [-0.05, 0) is 5.56 Å². The monoisotopic (exact) mass is 335 g/mol. The first kappa shape index (κ1) is 16.5. The summed E-state index contributed by atoms with van der Waals surface area (Å²) in [5.74, 6) is -0.122. The molecule has 0 saturated heterocycles. The molecule has 0 atom stereocenters. The van der Waals surface area contributed by atoms with Crippen LogP contribution < -0.4 is 5.73 Å². The summed E-state index contributed by atoms with van der Waals surface area (Å²) in [6.07, 6.45) is 1.88. The Kier molecular flexibility index (Phi) is 6.42. The number of amides is 2. The van der Waals surface area contributed by atoms with Crippen molar-refractivity contribution in [1.29, 1.82) is 0 Å². The van der Waals surface area contributed by atoms with Crippen LogP contribution in [0.3, 0.4) is 0 Å². The molecular formula is C15H17N3O2S2. The molecule has 116 valence electrons. The number of thioether (sulfide) groups is 1. The number of thiazole rings is 1. The Balaban J connectivity index is 1.95. The lowest BCUT2D eigenvalue weighted by atomic mass is 10.2. The van der Waals surface area contributed by atoms with Crippen LogP contribution in [0.25, 0.3) is 0 Å². The number of nitrogens with zero attached hydrogens (tertiary/aromatic N) is 2. The number of hydrogen-bond acceptors (Lipinski definition) is 5. The van der Waals surface area contributed by atoms with E-state index >= 15 is 0 Å². The van der Waals surface area contributed by atoms with Crippen molar-refractivity contribution in [3.05, 3.63) is 47.5 Å². The van der Waals surface area contributed by atoms with E-state index in [-0.39, 0.29) is 12.3 Å². The number of hydrogen-bond donors (Lipinski definition) is 1. The van der Waals surface area contributed by atoms with E-state index in [1.807, 2.05) is 35.7 Å². The number of nitrogens with two attached hydrogens (primary N) is 1. The van der Waals surface area contributed by atoms with Gasteiger partial charge in [0.1, 0.15) is 4.34 Å². The van der Waals surface area contributed by atoms with Gasteiger partial charge in [0, 0.05) is 31.1 Å². The Labute approximate surface area is 137 Å². The van der Waals surface area contributed by atoms with Crippen LogP contribution >= 0.6 is 23.1 Å². The smallest absolute Gasteiger partial charge is 0.233 e. The number of carbonyl (C=O) groups excluding carboxylic acids is 2. The summed E-state index contributed by atoms with van der Waals surface area (Å²) < 4.78 is 0.864. The van der Waals surface area contributed by atoms with Crippen LogP contribution in [-0.2, 0) is 16.1 Å². The zero-order valence-corrected chi connectivity index (χ0v) is 13.6. The highest BCUT2D eigenvalue weighted by Crippen LogP contribution is 2.20. The number of carbonyl (C=O) groups is 2. The molecule has 7 heteroatoms. The second-order valence-electron chi connectivity index (χ2n) is 4.60. The molecule has 1 aromatic heterocycles. The average molecular weight is 335 g/mol. The summed E-state index contributed by atoms with van der Waals surface area (Å²) in [5.41, 5.74) is 6.22. The van der Waals surface area contributed by atoms with Crippen molar-refractivity contribution in [3.8, 4) is 0 Å². The maximum absolute atomic E-state index is 12.4. The van der Waals surface area contributed by atoms with Crippen molar-refractivity contribution in [3.63, 3.8) is 0 Å². The topological polar surface area (TPSA) is 76.3 Å². The Morgan fingerprint density at radius 1 is 1.27 bits per heavy atom. The molecule has 0 bridgehead atoms. The van der Waals surface area contributed by atoms with Crippen LogP contribution in [-0.4, -0.2) is 34.0 Å². The van der Waals surface area contributed by atoms with Gasteiger partial charge in [-0.2, -0.15) is 0 Å². The molecule has 2 N–H and O–H groups in total. The highest BCUT2D eigenvalue weighted by molar-refractivity contribution is 8.01. The maximum atomic E-state index is 12.4. The predicted octanol–water partition coefficient (Wildman–Crippen LogP) is 2.14. The van der Waals surface area contributed by atoms with Gasteiger partial charge in [-0.15, -0.1) is 11.3 Å². The Morgan fingerprint density at radius 3 is 2.68 bits per heavy atom. The van der Waals surface area contributed by atoms with Gasteiger partial charge in [0.25, 0.3) is 0 Å². The van der Waals surface area contributed by atoms with Gasteiger partial charge in [-0.25, -0.2) is 4.98 Å². The lowest BCUT2D eigenvalue weighted by Gasteiger charge is -2.22. The second kappa shape index (κ2) is 8.55.